The topological polar surface area (TPSA) is 167 Å². The highest BCUT2D eigenvalue weighted by Gasteiger charge is 2.19. The van der Waals surface area contributed by atoms with E-state index in [0.717, 1.165) is 0 Å². The smallest absolute Gasteiger partial charge is 0.286 e. The fraction of sp³-hybridized carbons (Fsp3) is 0.0556. The van der Waals surface area contributed by atoms with Crippen LogP contribution in [0.1, 0.15) is 26.7 Å². The molecule has 0 radical (unpaired) electrons. The van der Waals surface area contributed by atoms with Crippen LogP contribution in [0.4, 0.5) is 10.3 Å². The van der Waals surface area contributed by atoms with Gasteiger partial charge in [0.05, 0.1) is 5.52 Å². The van der Waals surface area contributed by atoms with Crippen LogP contribution in [0, 0.1) is 5.82 Å². The number of halogens is 1. The van der Waals surface area contributed by atoms with E-state index in [1.54, 1.807) is 24.3 Å². The van der Waals surface area contributed by atoms with Gasteiger partial charge in [-0.15, -0.1) is 5.10 Å². The summed E-state index contributed by atoms with van der Waals surface area (Å²) < 4.78 is 14.6. The van der Waals surface area contributed by atoms with Crippen LogP contribution in [-0.4, -0.2) is 41.6 Å². The third-order valence-electron chi connectivity index (χ3n) is 4.10. The third-order valence-corrected chi connectivity index (χ3v) is 4.10. The van der Waals surface area contributed by atoms with E-state index in [9.17, 15) is 14.0 Å². The molecule has 30 heavy (non-hydrogen) atoms. The molecule has 0 saturated carbocycles. The molecule has 5 N–H and O–H groups in total. The van der Waals surface area contributed by atoms with Gasteiger partial charge in [-0.3, -0.25) is 9.59 Å². The average Bonchev–Trinajstić information content (AvgIpc) is 3.16. The van der Waals surface area contributed by atoms with Gasteiger partial charge in [-0.2, -0.15) is 9.97 Å². The first kappa shape index (κ1) is 18.9. The first-order valence-corrected chi connectivity index (χ1v) is 8.61. The highest BCUT2D eigenvalue weighted by atomic mass is 19.1. The van der Waals surface area contributed by atoms with Crippen LogP contribution >= 0.6 is 0 Å². The van der Waals surface area contributed by atoms with Gasteiger partial charge < -0.3 is 16.8 Å². The molecule has 4 rings (SSSR count). The van der Waals surface area contributed by atoms with Gasteiger partial charge in [-0.1, -0.05) is 23.4 Å². The number of nitrogens with two attached hydrogens (primary N) is 2. The van der Waals surface area contributed by atoms with Gasteiger partial charge in [0.2, 0.25) is 11.8 Å². The molecule has 0 saturated heterocycles. The van der Waals surface area contributed by atoms with E-state index in [-0.39, 0.29) is 41.3 Å². The second-order valence-electron chi connectivity index (χ2n) is 6.16. The van der Waals surface area contributed by atoms with E-state index in [2.05, 4.69) is 30.6 Å². The summed E-state index contributed by atoms with van der Waals surface area (Å²) in [5, 5.41) is 10.8. The van der Waals surface area contributed by atoms with Crippen molar-refractivity contribution in [2.75, 3.05) is 5.32 Å². The lowest BCUT2D eigenvalue weighted by molar-refractivity contribution is 0.0983. The van der Waals surface area contributed by atoms with E-state index < -0.39 is 11.8 Å². The molecule has 0 aliphatic rings. The molecule has 1 aromatic carbocycles. The number of rotatable bonds is 6. The van der Waals surface area contributed by atoms with Crippen LogP contribution in [0.25, 0.3) is 17.0 Å². The zero-order valence-corrected chi connectivity index (χ0v) is 15.3. The monoisotopic (exact) mass is 407 g/mol. The molecule has 150 valence electrons. The maximum Gasteiger partial charge on any atom is 0.286 e. The van der Waals surface area contributed by atoms with Gasteiger partial charge in [0.1, 0.15) is 11.5 Å². The van der Waals surface area contributed by atoms with Crippen molar-refractivity contribution >= 4 is 23.3 Å². The number of aromatic nitrogens is 6. The minimum atomic E-state index is -0.873. The minimum absolute atomic E-state index is 0.0113. The van der Waals surface area contributed by atoms with Crippen molar-refractivity contribution < 1.29 is 14.0 Å². The molecular formula is C18H14FN9O2. The summed E-state index contributed by atoms with van der Waals surface area (Å²) >= 11 is 0. The zero-order valence-electron chi connectivity index (χ0n) is 15.3. The molecule has 0 fully saturated rings. The normalized spacial score (nSPS) is 10.8. The molecule has 0 atom stereocenters. The number of primary amides is 2. The number of hydrogen-bond donors (Lipinski definition) is 3. The summed E-state index contributed by atoms with van der Waals surface area (Å²) in [4.78, 5) is 35.6. The Labute approximate surface area is 168 Å². The van der Waals surface area contributed by atoms with Crippen LogP contribution < -0.4 is 16.8 Å². The Morgan fingerprint density at radius 1 is 1.03 bits per heavy atom. The number of nitrogens with zero attached hydrogens (tertiary/aromatic N) is 6. The number of carbonyl (C=O) groups is 2. The Morgan fingerprint density at radius 3 is 2.57 bits per heavy atom. The minimum Gasteiger partial charge on any atom is -0.364 e. The van der Waals surface area contributed by atoms with Crippen LogP contribution in [0.2, 0.25) is 0 Å². The maximum atomic E-state index is 13.4. The highest BCUT2D eigenvalue weighted by Crippen LogP contribution is 2.21. The first-order chi connectivity index (χ1) is 14.4. The summed E-state index contributed by atoms with van der Waals surface area (Å²) in [5.74, 6) is -2.20. The lowest BCUT2D eigenvalue weighted by Crippen LogP contribution is -2.18. The van der Waals surface area contributed by atoms with Gasteiger partial charge in [0.15, 0.2) is 11.5 Å². The van der Waals surface area contributed by atoms with Gasteiger partial charge in [-0.05, 0) is 29.8 Å². The van der Waals surface area contributed by atoms with Crippen LogP contribution in [0.3, 0.4) is 0 Å². The van der Waals surface area contributed by atoms with Gasteiger partial charge in [-0.25, -0.2) is 13.9 Å². The van der Waals surface area contributed by atoms with E-state index in [0.29, 0.717) is 11.1 Å². The largest absolute Gasteiger partial charge is 0.364 e. The molecule has 0 aliphatic carbocycles. The average molecular weight is 407 g/mol. The number of nitrogens with one attached hydrogen (secondary N) is 1. The lowest BCUT2D eigenvalue weighted by atomic mass is 10.2. The van der Waals surface area contributed by atoms with Crippen molar-refractivity contribution in [1.82, 2.24) is 29.8 Å². The fourth-order valence-corrected chi connectivity index (χ4v) is 2.76. The van der Waals surface area contributed by atoms with Crippen LogP contribution in [-0.2, 0) is 6.54 Å². The van der Waals surface area contributed by atoms with E-state index in [1.807, 2.05) is 0 Å². The molecule has 11 nitrogen and oxygen atoms in total. The van der Waals surface area contributed by atoms with Gasteiger partial charge >= 0.3 is 0 Å². The summed E-state index contributed by atoms with van der Waals surface area (Å²) in [6, 6.07) is 10.7. The Balaban J connectivity index is 1.75. The summed E-state index contributed by atoms with van der Waals surface area (Å²) in [5.41, 5.74) is 12.0. The Bertz CT molecular complexity index is 1290. The number of hydrogen-bond acceptors (Lipinski definition) is 8. The zero-order chi connectivity index (χ0) is 21.3. The SMILES string of the molecule is NC(=O)c1nc(NCc2cccc(F)c2)nc(-c2nnn3c(C(N)=O)cccc23)n1. The van der Waals surface area contributed by atoms with Crippen molar-refractivity contribution in [3.05, 3.63) is 65.4 Å². The van der Waals surface area contributed by atoms with Crippen LogP contribution in [0.15, 0.2) is 42.5 Å². The van der Waals surface area contributed by atoms with Gasteiger partial charge in [0.25, 0.3) is 11.8 Å². The third kappa shape index (κ3) is 3.61. The summed E-state index contributed by atoms with van der Waals surface area (Å²) in [6.45, 7) is 0.188. The molecule has 3 heterocycles. The molecule has 12 heteroatoms. The molecular weight excluding hydrogens is 393 g/mol. The van der Waals surface area contributed by atoms with Gasteiger partial charge in [0, 0.05) is 6.54 Å². The van der Waals surface area contributed by atoms with Crippen LogP contribution in [0.5, 0.6) is 0 Å². The molecule has 0 spiro atoms. The van der Waals surface area contributed by atoms with Crippen molar-refractivity contribution in [1.29, 1.82) is 0 Å². The Kier molecular flexibility index (Phi) is 4.72. The second-order valence-corrected chi connectivity index (χ2v) is 6.16. The number of pyridine rings is 1. The van der Waals surface area contributed by atoms with E-state index in [4.69, 9.17) is 11.5 Å². The summed E-state index contributed by atoms with van der Waals surface area (Å²) in [6.07, 6.45) is 0. The van der Waals surface area contributed by atoms with Crippen molar-refractivity contribution in [3.63, 3.8) is 0 Å². The number of carbonyl (C=O) groups excluding carboxylic acids is 2. The molecule has 4 aromatic rings. The van der Waals surface area contributed by atoms with Crippen molar-refractivity contribution in [2.45, 2.75) is 6.54 Å². The van der Waals surface area contributed by atoms with Crippen molar-refractivity contribution in [3.8, 4) is 11.5 Å². The fourth-order valence-electron chi connectivity index (χ4n) is 2.76. The molecule has 2 amide bonds. The Morgan fingerprint density at radius 2 is 1.83 bits per heavy atom. The van der Waals surface area contributed by atoms with E-state index >= 15 is 0 Å². The van der Waals surface area contributed by atoms with E-state index in [1.165, 1.54) is 22.7 Å². The number of fused-ring (bicyclic) bond motifs is 1. The number of anilines is 1. The maximum absolute atomic E-state index is 13.4. The molecule has 0 bridgehead atoms. The molecule has 0 aliphatic heterocycles. The number of amides is 2. The molecule has 3 aromatic heterocycles. The predicted molar refractivity (Wildman–Crippen MR) is 103 cm³/mol. The number of benzene rings is 1. The first-order valence-electron chi connectivity index (χ1n) is 8.61. The Hall–Kier alpha value is -4.48. The highest BCUT2D eigenvalue weighted by molar-refractivity contribution is 5.93. The quantitative estimate of drug-likeness (QED) is 0.416. The molecule has 0 unspecified atom stereocenters. The summed E-state index contributed by atoms with van der Waals surface area (Å²) in [7, 11) is 0. The predicted octanol–water partition coefficient (Wildman–Crippen LogP) is 0.530. The second kappa shape index (κ2) is 7.50. The lowest BCUT2D eigenvalue weighted by Gasteiger charge is -2.07. The standard InChI is InChI=1S/C18H14FN9O2/c19-10-4-1-3-9(7-10)8-22-18-24-16(23-17(25-18)15(21)30)13-11-5-2-6-12(14(20)29)28(11)27-26-13/h1-7H,8H2,(H2,20,29)(H2,21,30)(H,22,23,24,25). The van der Waals surface area contributed by atoms with Crippen molar-refractivity contribution in [2.24, 2.45) is 11.5 Å².